The van der Waals surface area contributed by atoms with Gasteiger partial charge < -0.3 is 15.3 Å². The monoisotopic (exact) mass is 155 g/mol. The zero-order valence-corrected chi connectivity index (χ0v) is 5.91. The molecule has 0 aliphatic rings. The summed E-state index contributed by atoms with van der Waals surface area (Å²) >= 11 is 0. The van der Waals surface area contributed by atoms with Crippen molar-refractivity contribution in [3.05, 3.63) is 33.1 Å². The Hall–Kier alpha value is -1.36. The summed E-state index contributed by atoms with van der Waals surface area (Å²) in [5, 5.41) is 0. The van der Waals surface area contributed by atoms with Crippen LogP contribution in [0, 0.1) is 0 Å². The van der Waals surface area contributed by atoms with Crippen molar-refractivity contribution in [2.45, 2.75) is 6.54 Å². The summed E-state index contributed by atoms with van der Waals surface area (Å²) in [7, 11) is 0. The summed E-state index contributed by atoms with van der Waals surface area (Å²) in [4.78, 5) is 23.9. The highest BCUT2D eigenvalue weighted by Gasteiger charge is 1.95. The molecule has 0 unspecified atom stereocenters. The molecule has 0 bridgehead atoms. The van der Waals surface area contributed by atoms with Crippen molar-refractivity contribution >= 4 is 0 Å². The van der Waals surface area contributed by atoms with Gasteiger partial charge in [0.15, 0.2) is 0 Å². The minimum absolute atomic E-state index is 0.351. The molecule has 0 radical (unpaired) electrons. The first-order valence-electron chi connectivity index (χ1n) is 3.24. The van der Waals surface area contributed by atoms with E-state index in [2.05, 4.69) is 4.98 Å². The quantitative estimate of drug-likeness (QED) is 0.510. The van der Waals surface area contributed by atoms with Gasteiger partial charge in [0.1, 0.15) is 0 Å². The summed E-state index contributed by atoms with van der Waals surface area (Å²) in [5.41, 5.74) is 4.04. The van der Waals surface area contributed by atoms with Crippen LogP contribution in [0.15, 0.2) is 22.0 Å². The summed E-state index contributed by atoms with van der Waals surface area (Å²) in [6.07, 6.45) is 2.91. The lowest BCUT2D eigenvalue weighted by Crippen LogP contribution is -2.36. The van der Waals surface area contributed by atoms with E-state index in [4.69, 9.17) is 5.73 Å². The van der Waals surface area contributed by atoms with Gasteiger partial charge in [-0.2, -0.15) is 0 Å². The van der Waals surface area contributed by atoms with Crippen LogP contribution < -0.4 is 16.9 Å². The SMILES string of the molecule is NCCn1cc[nH]c(=O)c1=O. The van der Waals surface area contributed by atoms with Gasteiger partial charge in [-0.15, -0.1) is 0 Å². The molecule has 0 spiro atoms. The minimum Gasteiger partial charge on any atom is -0.329 e. The lowest BCUT2D eigenvalue weighted by atomic mass is 10.6. The van der Waals surface area contributed by atoms with E-state index in [0.29, 0.717) is 13.1 Å². The fourth-order valence-electron chi connectivity index (χ4n) is 0.778. The molecular formula is C6H9N3O2. The molecule has 5 nitrogen and oxygen atoms in total. The van der Waals surface area contributed by atoms with Gasteiger partial charge in [-0.1, -0.05) is 0 Å². The molecule has 60 valence electrons. The van der Waals surface area contributed by atoms with Crippen LogP contribution in [0.25, 0.3) is 0 Å². The van der Waals surface area contributed by atoms with E-state index in [-0.39, 0.29) is 0 Å². The Labute approximate surface area is 62.5 Å². The summed E-state index contributed by atoms with van der Waals surface area (Å²) < 4.78 is 1.28. The second-order valence-electron chi connectivity index (χ2n) is 2.08. The molecule has 0 amide bonds. The molecule has 3 N–H and O–H groups in total. The van der Waals surface area contributed by atoms with Crippen molar-refractivity contribution in [2.75, 3.05) is 6.54 Å². The molecule has 1 aromatic rings. The van der Waals surface area contributed by atoms with Crippen molar-refractivity contribution in [2.24, 2.45) is 5.73 Å². The molecule has 0 saturated carbocycles. The topological polar surface area (TPSA) is 80.9 Å². The molecule has 1 rings (SSSR count). The third kappa shape index (κ3) is 1.56. The number of aromatic nitrogens is 2. The maximum absolute atomic E-state index is 10.9. The number of hydrogen-bond acceptors (Lipinski definition) is 3. The van der Waals surface area contributed by atoms with Crippen LogP contribution >= 0.6 is 0 Å². The lowest BCUT2D eigenvalue weighted by molar-refractivity contribution is 0.667. The molecule has 0 saturated heterocycles. The molecule has 0 fully saturated rings. The molecular weight excluding hydrogens is 146 g/mol. The van der Waals surface area contributed by atoms with Crippen molar-refractivity contribution in [3.63, 3.8) is 0 Å². The van der Waals surface area contributed by atoms with E-state index in [0.717, 1.165) is 0 Å². The predicted molar refractivity (Wildman–Crippen MR) is 40.4 cm³/mol. The Kier molecular flexibility index (Phi) is 2.22. The first kappa shape index (κ1) is 7.74. The maximum Gasteiger partial charge on any atom is 0.316 e. The molecule has 1 heterocycles. The number of nitrogens with zero attached hydrogens (tertiary/aromatic N) is 1. The maximum atomic E-state index is 10.9. The van der Waals surface area contributed by atoms with Gasteiger partial charge in [-0.25, -0.2) is 0 Å². The van der Waals surface area contributed by atoms with E-state index in [1.807, 2.05) is 0 Å². The minimum atomic E-state index is -0.610. The second-order valence-corrected chi connectivity index (χ2v) is 2.08. The van der Waals surface area contributed by atoms with Crippen LogP contribution in [0.3, 0.4) is 0 Å². The standard InChI is InChI=1S/C6H9N3O2/c7-1-3-9-4-2-8-5(10)6(9)11/h2,4H,1,3,7H2,(H,8,10). The molecule has 0 atom stereocenters. The first-order valence-corrected chi connectivity index (χ1v) is 3.24. The molecule has 11 heavy (non-hydrogen) atoms. The Balaban J connectivity index is 3.18. The van der Waals surface area contributed by atoms with Crippen molar-refractivity contribution in [3.8, 4) is 0 Å². The summed E-state index contributed by atoms with van der Waals surface area (Å²) in [5.74, 6) is 0. The molecule has 0 aliphatic heterocycles. The molecule has 1 aromatic heterocycles. The highest BCUT2D eigenvalue weighted by molar-refractivity contribution is 4.81. The first-order chi connectivity index (χ1) is 5.25. The zero-order chi connectivity index (χ0) is 8.27. The predicted octanol–water partition coefficient (Wildman–Crippen LogP) is -1.50. The van der Waals surface area contributed by atoms with Crippen LogP contribution in [-0.2, 0) is 6.54 Å². The largest absolute Gasteiger partial charge is 0.329 e. The number of H-pyrrole nitrogens is 1. The smallest absolute Gasteiger partial charge is 0.316 e. The number of nitrogens with two attached hydrogens (primary N) is 1. The van der Waals surface area contributed by atoms with Gasteiger partial charge in [0, 0.05) is 25.5 Å². The van der Waals surface area contributed by atoms with E-state index in [1.54, 1.807) is 0 Å². The van der Waals surface area contributed by atoms with Gasteiger partial charge in [0.05, 0.1) is 0 Å². The number of nitrogens with one attached hydrogen (secondary N) is 1. The van der Waals surface area contributed by atoms with Crippen LogP contribution in [0.5, 0.6) is 0 Å². The van der Waals surface area contributed by atoms with E-state index in [9.17, 15) is 9.59 Å². The number of hydrogen-bond donors (Lipinski definition) is 2. The number of aromatic amines is 1. The molecule has 5 heteroatoms. The van der Waals surface area contributed by atoms with E-state index < -0.39 is 11.1 Å². The Morgan fingerprint density at radius 1 is 1.55 bits per heavy atom. The lowest BCUT2D eigenvalue weighted by Gasteiger charge is -1.99. The molecule has 0 aliphatic carbocycles. The average molecular weight is 155 g/mol. The molecule has 0 aromatic carbocycles. The third-order valence-corrected chi connectivity index (χ3v) is 1.29. The zero-order valence-electron chi connectivity index (χ0n) is 5.91. The highest BCUT2D eigenvalue weighted by atomic mass is 16.2. The van der Waals surface area contributed by atoms with Crippen molar-refractivity contribution < 1.29 is 0 Å². The summed E-state index contributed by atoms with van der Waals surface area (Å²) in [6, 6.07) is 0. The van der Waals surface area contributed by atoms with Crippen LogP contribution in [-0.4, -0.2) is 16.1 Å². The van der Waals surface area contributed by atoms with Crippen molar-refractivity contribution in [1.29, 1.82) is 0 Å². The fourth-order valence-corrected chi connectivity index (χ4v) is 0.778. The van der Waals surface area contributed by atoms with Gasteiger partial charge in [-0.3, -0.25) is 9.59 Å². The van der Waals surface area contributed by atoms with E-state index >= 15 is 0 Å². The van der Waals surface area contributed by atoms with Gasteiger partial charge >= 0.3 is 11.1 Å². The Morgan fingerprint density at radius 3 is 2.91 bits per heavy atom. The average Bonchev–Trinajstić information content (AvgIpc) is 1.99. The van der Waals surface area contributed by atoms with Gasteiger partial charge in [0.2, 0.25) is 0 Å². The Bertz CT molecular complexity index is 338. The van der Waals surface area contributed by atoms with E-state index in [1.165, 1.54) is 17.0 Å². The van der Waals surface area contributed by atoms with Crippen LogP contribution in [0.2, 0.25) is 0 Å². The Morgan fingerprint density at radius 2 is 2.27 bits per heavy atom. The number of rotatable bonds is 2. The van der Waals surface area contributed by atoms with Gasteiger partial charge in [-0.05, 0) is 0 Å². The van der Waals surface area contributed by atoms with Crippen LogP contribution in [0.1, 0.15) is 0 Å². The highest BCUT2D eigenvalue weighted by Crippen LogP contribution is 1.71. The summed E-state index contributed by atoms with van der Waals surface area (Å²) in [6.45, 7) is 0.728. The van der Waals surface area contributed by atoms with Crippen molar-refractivity contribution in [1.82, 2.24) is 9.55 Å². The fraction of sp³-hybridized carbons (Fsp3) is 0.333. The van der Waals surface area contributed by atoms with Crippen LogP contribution in [0.4, 0.5) is 0 Å². The van der Waals surface area contributed by atoms with Gasteiger partial charge in [0.25, 0.3) is 0 Å². The second kappa shape index (κ2) is 3.16. The third-order valence-electron chi connectivity index (χ3n) is 1.29. The normalized spacial score (nSPS) is 9.91.